The molecule has 5 heteroatoms. The van der Waals surface area contributed by atoms with Crippen molar-refractivity contribution in [1.29, 1.82) is 0 Å². The average Bonchev–Trinajstić information content (AvgIpc) is 2.65. The van der Waals surface area contributed by atoms with Gasteiger partial charge >= 0.3 is 0 Å². The Balaban J connectivity index is 2.65. The van der Waals surface area contributed by atoms with Gasteiger partial charge in [0.1, 0.15) is 0 Å². The van der Waals surface area contributed by atoms with Crippen LogP contribution in [0.4, 0.5) is 0 Å². The van der Waals surface area contributed by atoms with Gasteiger partial charge in [0.2, 0.25) is 0 Å². The third kappa shape index (κ3) is 3.47. The molecule has 0 radical (unpaired) electrons. The van der Waals surface area contributed by atoms with Crippen LogP contribution in [0.25, 0.3) is 0 Å². The van der Waals surface area contributed by atoms with E-state index in [-0.39, 0.29) is 18.2 Å². The van der Waals surface area contributed by atoms with Crippen molar-refractivity contribution in [3.8, 4) is 0 Å². The summed E-state index contributed by atoms with van der Waals surface area (Å²) in [6.45, 7) is 7.06. The summed E-state index contributed by atoms with van der Waals surface area (Å²) in [5.41, 5.74) is -0.271. The highest BCUT2D eigenvalue weighted by atomic mass is 35.5. The van der Waals surface area contributed by atoms with Crippen molar-refractivity contribution in [2.45, 2.75) is 38.8 Å². The molecule has 0 amide bonds. The third-order valence-corrected chi connectivity index (χ3v) is 2.92. The van der Waals surface area contributed by atoms with E-state index in [2.05, 4.69) is 17.3 Å². The Bertz CT molecular complexity index is 329. The van der Waals surface area contributed by atoms with Crippen molar-refractivity contribution in [3.05, 3.63) is 17.4 Å². The Hall–Kier alpha value is -0.580. The maximum absolute atomic E-state index is 9.40. The standard InChI is InChI=1S/C11H20ClN3O/c1-4-13-11(3,8-16)5-9(2)15-7-10(12)6-14-15/h6-7,9,13,16H,4-5,8H2,1-3H3. The fraction of sp³-hybridized carbons (Fsp3) is 0.727. The first-order valence-corrected chi connectivity index (χ1v) is 5.94. The first kappa shape index (κ1) is 13.5. The number of halogens is 1. The van der Waals surface area contributed by atoms with Crippen LogP contribution in [0.5, 0.6) is 0 Å². The van der Waals surface area contributed by atoms with Crippen LogP contribution >= 0.6 is 11.6 Å². The zero-order chi connectivity index (χ0) is 12.2. The summed E-state index contributed by atoms with van der Waals surface area (Å²) in [7, 11) is 0. The Morgan fingerprint density at radius 1 is 1.69 bits per heavy atom. The van der Waals surface area contributed by atoms with E-state index in [0.717, 1.165) is 13.0 Å². The van der Waals surface area contributed by atoms with Gasteiger partial charge in [-0.2, -0.15) is 5.10 Å². The fourth-order valence-electron chi connectivity index (χ4n) is 1.92. The molecule has 0 aliphatic carbocycles. The number of rotatable bonds is 6. The van der Waals surface area contributed by atoms with Gasteiger partial charge in [-0.15, -0.1) is 0 Å². The van der Waals surface area contributed by atoms with Crippen molar-refractivity contribution in [1.82, 2.24) is 15.1 Å². The van der Waals surface area contributed by atoms with Crippen LogP contribution in [-0.4, -0.2) is 33.6 Å². The molecule has 0 aliphatic rings. The molecular formula is C11H20ClN3O. The van der Waals surface area contributed by atoms with Crippen LogP contribution in [0.1, 0.15) is 33.2 Å². The number of hydrogen-bond acceptors (Lipinski definition) is 3. The lowest BCUT2D eigenvalue weighted by molar-refractivity contribution is 0.150. The monoisotopic (exact) mass is 245 g/mol. The van der Waals surface area contributed by atoms with Crippen molar-refractivity contribution in [2.24, 2.45) is 0 Å². The summed E-state index contributed by atoms with van der Waals surface area (Å²) in [5.74, 6) is 0. The van der Waals surface area contributed by atoms with Gasteiger partial charge in [-0.3, -0.25) is 4.68 Å². The van der Waals surface area contributed by atoms with Gasteiger partial charge in [0.15, 0.2) is 0 Å². The predicted octanol–water partition coefficient (Wildman–Crippen LogP) is 1.85. The van der Waals surface area contributed by atoms with Crippen molar-refractivity contribution < 1.29 is 5.11 Å². The van der Waals surface area contributed by atoms with E-state index in [0.29, 0.717) is 5.02 Å². The van der Waals surface area contributed by atoms with Crippen LogP contribution < -0.4 is 5.32 Å². The molecule has 2 unspecified atom stereocenters. The SMILES string of the molecule is CCNC(C)(CO)CC(C)n1cc(Cl)cn1. The second-order valence-corrected chi connectivity index (χ2v) is 4.88. The van der Waals surface area contributed by atoms with Crippen LogP contribution in [-0.2, 0) is 0 Å². The summed E-state index contributed by atoms with van der Waals surface area (Å²) >= 11 is 5.82. The maximum atomic E-state index is 9.40. The minimum absolute atomic E-state index is 0.111. The minimum atomic E-state index is -0.271. The number of hydrogen-bond donors (Lipinski definition) is 2. The predicted molar refractivity (Wildman–Crippen MR) is 65.7 cm³/mol. The van der Waals surface area contributed by atoms with Gasteiger partial charge in [-0.25, -0.2) is 0 Å². The van der Waals surface area contributed by atoms with Gasteiger partial charge in [0.05, 0.1) is 23.9 Å². The summed E-state index contributed by atoms with van der Waals surface area (Å²) in [6.07, 6.45) is 4.23. The summed E-state index contributed by atoms with van der Waals surface area (Å²) < 4.78 is 1.83. The maximum Gasteiger partial charge on any atom is 0.0785 e. The molecule has 4 nitrogen and oxygen atoms in total. The lowest BCUT2D eigenvalue weighted by atomic mass is 9.94. The lowest BCUT2D eigenvalue weighted by Crippen LogP contribution is -2.47. The smallest absolute Gasteiger partial charge is 0.0785 e. The van der Waals surface area contributed by atoms with Gasteiger partial charge in [-0.05, 0) is 26.8 Å². The zero-order valence-corrected chi connectivity index (χ0v) is 10.8. The normalized spacial score (nSPS) is 17.1. The molecule has 0 bridgehead atoms. The lowest BCUT2D eigenvalue weighted by Gasteiger charge is -2.31. The fourth-order valence-corrected chi connectivity index (χ4v) is 2.06. The molecule has 92 valence electrons. The molecule has 0 aromatic carbocycles. The number of aliphatic hydroxyl groups is 1. The van der Waals surface area contributed by atoms with Gasteiger partial charge in [0, 0.05) is 11.7 Å². The van der Waals surface area contributed by atoms with Crippen LogP contribution in [0.15, 0.2) is 12.4 Å². The molecule has 1 aromatic heterocycles. The Morgan fingerprint density at radius 3 is 2.81 bits per heavy atom. The highest BCUT2D eigenvalue weighted by Crippen LogP contribution is 2.21. The van der Waals surface area contributed by atoms with E-state index in [1.165, 1.54) is 0 Å². The van der Waals surface area contributed by atoms with Crippen molar-refractivity contribution >= 4 is 11.6 Å². The molecule has 1 heterocycles. The first-order valence-electron chi connectivity index (χ1n) is 5.56. The summed E-state index contributed by atoms with van der Waals surface area (Å²) in [5, 5.41) is 17.5. The molecule has 1 aromatic rings. The molecule has 0 spiro atoms. The Morgan fingerprint density at radius 2 is 2.38 bits per heavy atom. The van der Waals surface area contributed by atoms with E-state index >= 15 is 0 Å². The van der Waals surface area contributed by atoms with E-state index in [1.54, 1.807) is 12.4 Å². The highest BCUT2D eigenvalue weighted by Gasteiger charge is 2.25. The number of nitrogens with one attached hydrogen (secondary N) is 1. The van der Waals surface area contributed by atoms with Gasteiger partial charge < -0.3 is 10.4 Å². The van der Waals surface area contributed by atoms with Gasteiger partial charge in [-0.1, -0.05) is 18.5 Å². The van der Waals surface area contributed by atoms with E-state index in [4.69, 9.17) is 11.6 Å². The largest absolute Gasteiger partial charge is 0.394 e. The molecule has 2 N–H and O–H groups in total. The molecule has 16 heavy (non-hydrogen) atoms. The number of nitrogens with zero attached hydrogens (tertiary/aromatic N) is 2. The van der Waals surface area contributed by atoms with E-state index in [9.17, 15) is 5.11 Å². The Labute approximate surface area is 102 Å². The number of aromatic nitrogens is 2. The molecule has 0 saturated carbocycles. The topological polar surface area (TPSA) is 50.1 Å². The summed E-state index contributed by atoms with van der Waals surface area (Å²) in [4.78, 5) is 0. The minimum Gasteiger partial charge on any atom is -0.394 e. The quantitative estimate of drug-likeness (QED) is 0.804. The molecule has 0 aliphatic heterocycles. The van der Waals surface area contributed by atoms with Crippen LogP contribution in [0.2, 0.25) is 5.02 Å². The highest BCUT2D eigenvalue weighted by molar-refractivity contribution is 6.30. The van der Waals surface area contributed by atoms with Crippen molar-refractivity contribution in [2.75, 3.05) is 13.2 Å². The Kier molecular flexibility index (Phi) is 4.77. The zero-order valence-electron chi connectivity index (χ0n) is 10.1. The molecular weight excluding hydrogens is 226 g/mol. The van der Waals surface area contributed by atoms with Gasteiger partial charge in [0.25, 0.3) is 0 Å². The molecule has 2 atom stereocenters. The second kappa shape index (κ2) is 5.66. The van der Waals surface area contributed by atoms with E-state index in [1.807, 2.05) is 18.5 Å². The second-order valence-electron chi connectivity index (χ2n) is 4.44. The van der Waals surface area contributed by atoms with E-state index < -0.39 is 0 Å². The molecule has 0 fully saturated rings. The molecule has 0 saturated heterocycles. The van der Waals surface area contributed by atoms with Crippen LogP contribution in [0.3, 0.4) is 0 Å². The average molecular weight is 246 g/mol. The van der Waals surface area contributed by atoms with Crippen molar-refractivity contribution in [3.63, 3.8) is 0 Å². The number of likely N-dealkylation sites (N-methyl/N-ethyl adjacent to an activating group) is 1. The molecule has 1 rings (SSSR count). The van der Waals surface area contributed by atoms with Crippen LogP contribution in [0, 0.1) is 0 Å². The number of aliphatic hydroxyl groups excluding tert-OH is 1. The third-order valence-electron chi connectivity index (χ3n) is 2.72. The first-order chi connectivity index (χ1) is 7.50. The summed E-state index contributed by atoms with van der Waals surface area (Å²) in [6, 6.07) is 0.198.